The van der Waals surface area contributed by atoms with Gasteiger partial charge in [0.05, 0.1) is 16.5 Å². The van der Waals surface area contributed by atoms with Gasteiger partial charge in [0.15, 0.2) is 9.84 Å². The van der Waals surface area contributed by atoms with E-state index in [2.05, 4.69) is 0 Å². The highest BCUT2D eigenvalue weighted by Crippen LogP contribution is 2.18. The lowest BCUT2D eigenvalue weighted by Crippen LogP contribution is -2.08. The van der Waals surface area contributed by atoms with Crippen LogP contribution in [0.2, 0.25) is 0 Å². The Morgan fingerprint density at radius 3 is 2.62 bits per heavy atom. The third-order valence-electron chi connectivity index (χ3n) is 2.02. The van der Waals surface area contributed by atoms with E-state index in [1.54, 1.807) is 13.0 Å². The summed E-state index contributed by atoms with van der Waals surface area (Å²) in [6, 6.07) is 5.35. The highest BCUT2D eigenvalue weighted by atomic mass is 32.2. The van der Waals surface area contributed by atoms with E-state index in [-0.39, 0.29) is 10.5 Å². The minimum atomic E-state index is -3.72. The molecule has 0 heterocycles. The van der Waals surface area contributed by atoms with Gasteiger partial charge in [-0.2, -0.15) is 5.26 Å². The Morgan fingerprint density at radius 1 is 1.50 bits per heavy atom. The van der Waals surface area contributed by atoms with Gasteiger partial charge in [0.25, 0.3) is 0 Å². The van der Waals surface area contributed by atoms with Crippen LogP contribution in [-0.4, -0.2) is 25.2 Å². The van der Waals surface area contributed by atoms with Gasteiger partial charge in [-0.3, -0.25) is 0 Å². The summed E-state index contributed by atoms with van der Waals surface area (Å²) in [5, 5.41) is 17.1. The van der Waals surface area contributed by atoms with E-state index < -0.39 is 21.6 Å². The summed E-state index contributed by atoms with van der Waals surface area (Å²) in [5.74, 6) is -1.86. The summed E-state index contributed by atoms with van der Waals surface area (Å²) in [6.07, 6.45) is 0. The third kappa shape index (κ3) is 2.38. The fourth-order valence-electron chi connectivity index (χ4n) is 1.23. The van der Waals surface area contributed by atoms with Gasteiger partial charge in [0.1, 0.15) is 5.75 Å². The number of hydrogen-bond donors (Lipinski definition) is 1. The number of hydrogen-bond acceptors (Lipinski definition) is 4. The second-order valence-electron chi connectivity index (χ2n) is 3.20. The molecule has 5 nitrogen and oxygen atoms in total. The molecule has 1 aromatic carbocycles. The molecule has 0 aliphatic heterocycles. The fraction of sp³-hybridized carbons (Fsp3) is 0.200. The summed E-state index contributed by atoms with van der Waals surface area (Å²) in [5.41, 5.74) is 0.322. The van der Waals surface area contributed by atoms with E-state index in [4.69, 9.17) is 10.4 Å². The molecule has 0 bridgehead atoms. The first-order valence-corrected chi connectivity index (χ1v) is 5.97. The van der Waals surface area contributed by atoms with Crippen LogP contribution in [0.1, 0.15) is 15.9 Å². The van der Waals surface area contributed by atoms with Gasteiger partial charge < -0.3 is 5.11 Å². The molecule has 0 spiro atoms. The number of carbonyl (C=O) groups is 1. The summed E-state index contributed by atoms with van der Waals surface area (Å²) < 4.78 is 23.2. The van der Waals surface area contributed by atoms with E-state index in [0.717, 1.165) is 6.07 Å². The molecule has 0 radical (unpaired) electrons. The number of rotatable bonds is 3. The van der Waals surface area contributed by atoms with Crippen molar-refractivity contribution in [3.8, 4) is 6.07 Å². The molecular formula is C10H9NO4S. The molecule has 1 rings (SSSR count). The van der Waals surface area contributed by atoms with Crippen molar-refractivity contribution >= 4 is 15.8 Å². The number of aryl methyl sites for hydroxylation is 1. The highest BCUT2D eigenvalue weighted by Gasteiger charge is 2.18. The number of nitrogens with zero attached hydrogens (tertiary/aromatic N) is 1. The Bertz CT molecular complexity index is 569. The molecule has 0 aliphatic rings. The minimum absolute atomic E-state index is 0.103. The predicted octanol–water partition coefficient (Wildman–Crippen LogP) is 0.991. The topological polar surface area (TPSA) is 95.2 Å². The summed E-state index contributed by atoms with van der Waals surface area (Å²) in [7, 11) is -3.72. The third-order valence-corrected chi connectivity index (χ3v) is 3.64. The van der Waals surface area contributed by atoms with Gasteiger partial charge in [-0.05, 0) is 24.6 Å². The molecule has 1 N–H and O–H groups in total. The van der Waals surface area contributed by atoms with Crippen LogP contribution < -0.4 is 0 Å². The molecule has 0 saturated carbocycles. The Labute approximate surface area is 92.9 Å². The molecule has 0 saturated heterocycles. The van der Waals surface area contributed by atoms with Crippen LogP contribution in [0, 0.1) is 18.3 Å². The van der Waals surface area contributed by atoms with Crippen LogP contribution in [0.3, 0.4) is 0 Å². The maximum Gasteiger partial charge on any atom is 0.335 e. The van der Waals surface area contributed by atoms with Crippen molar-refractivity contribution in [3.63, 3.8) is 0 Å². The van der Waals surface area contributed by atoms with Crippen LogP contribution in [0.25, 0.3) is 0 Å². The number of sulfone groups is 1. The molecule has 16 heavy (non-hydrogen) atoms. The van der Waals surface area contributed by atoms with Gasteiger partial charge in [0, 0.05) is 0 Å². The molecule has 0 fully saturated rings. The van der Waals surface area contributed by atoms with Crippen LogP contribution in [0.15, 0.2) is 23.1 Å². The second kappa shape index (κ2) is 4.33. The fourth-order valence-corrected chi connectivity index (χ4v) is 2.42. The smallest absolute Gasteiger partial charge is 0.335 e. The standard InChI is InChI=1S/C10H9NO4S/c1-7-2-3-8(10(12)13)6-9(7)16(14,15)5-4-11/h2-3,6H,5H2,1H3,(H,12,13). The maximum absolute atomic E-state index is 11.6. The zero-order valence-electron chi connectivity index (χ0n) is 8.47. The quantitative estimate of drug-likeness (QED) is 0.848. The van der Waals surface area contributed by atoms with Crippen molar-refractivity contribution in [1.82, 2.24) is 0 Å². The van der Waals surface area contributed by atoms with Gasteiger partial charge in [-0.25, -0.2) is 13.2 Å². The van der Waals surface area contributed by atoms with Crippen molar-refractivity contribution < 1.29 is 18.3 Å². The molecular weight excluding hydrogens is 230 g/mol. The Balaban J connectivity index is 3.40. The molecule has 84 valence electrons. The lowest BCUT2D eigenvalue weighted by Gasteiger charge is -2.05. The first kappa shape index (κ1) is 12.2. The number of carboxylic acids is 1. The number of benzene rings is 1. The molecule has 0 atom stereocenters. The monoisotopic (exact) mass is 239 g/mol. The van der Waals surface area contributed by atoms with Gasteiger partial charge in [0.2, 0.25) is 0 Å². The summed E-state index contributed by atoms with van der Waals surface area (Å²) in [6.45, 7) is 1.55. The largest absolute Gasteiger partial charge is 0.478 e. The van der Waals surface area contributed by atoms with Crippen LogP contribution in [-0.2, 0) is 9.84 Å². The van der Waals surface area contributed by atoms with Crippen molar-refractivity contribution in [2.75, 3.05) is 5.75 Å². The molecule has 6 heteroatoms. The normalized spacial score (nSPS) is 10.8. The maximum atomic E-state index is 11.6. The van der Waals surface area contributed by atoms with Crippen LogP contribution in [0.4, 0.5) is 0 Å². The van der Waals surface area contributed by atoms with Crippen molar-refractivity contribution in [3.05, 3.63) is 29.3 Å². The van der Waals surface area contributed by atoms with E-state index in [9.17, 15) is 13.2 Å². The summed E-state index contributed by atoms with van der Waals surface area (Å²) >= 11 is 0. The number of aromatic carboxylic acids is 1. The second-order valence-corrected chi connectivity index (χ2v) is 5.16. The van der Waals surface area contributed by atoms with Crippen molar-refractivity contribution in [2.45, 2.75) is 11.8 Å². The zero-order chi connectivity index (χ0) is 12.3. The van der Waals surface area contributed by atoms with E-state index in [0.29, 0.717) is 5.56 Å². The molecule has 1 aromatic rings. The van der Waals surface area contributed by atoms with E-state index >= 15 is 0 Å². The SMILES string of the molecule is Cc1ccc(C(=O)O)cc1S(=O)(=O)CC#N. The van der Waals surface area contributed by atoms with Gasteiger partial charge in [-0.15, -0.1) is 0 Å². The molecule has 0 aliphatic carbocycles. The lowest BCUT2D eigenvalue weighted by molar-refractivity contribution is 0.0696. The van der Waals surface area contributed by atoms with E-state index in [1.165, 1.54) is 12.1 Å². The predicted molar refractivity (Wildman–Crippen MR) is 55.8 cm³/mol. The molecule has 0 aromatic heterocycles. The zero-order valence-corrected chi connectivity index (χ0v) is 9.28. The number of nitriles is 1. The number of carboxylic acid groups (broad SMARTS) is 1. The molecule has 0 amide bonds. The Morgan fingerprint density at radius 2 is 2.12 bits per heavy atom. The molecule has 0 unspecified atom stereocenters. The highest BCUT2D eigenvalue weighted by molar-refractivity contribution is 7.91. The van der Waals surface area contributed by atoms with Crippen LogP contribution >= 0.6 is 0 Å². The average molecular weight is 239 g/mol. The van der Waals surface area contributed by atoms with Crippen LogP contribution in [0.5, 0.6) is 0 Å². The average Bonchev–Trinajstić information content (AvgIpc) is 2.17. The minimum Gasteiger partial charge on any atom is -0.478 e. The van der Waals surface area contributed by atoms with E-state index in [1.807, 2.05) is 0 Å². The van der Waals surface area contributed by atoms with Gasteiger partial charge >= 0.3 is 5.97 Å². The first-order valence-electron chi connectivity index (χ1n) is 4.32. The van der Waals surface area contributed by atoms with Crippen molar-refractivity contribution in [1.29, 1.82) is 5.26 Å². The van der Waals surface area contributed by atoms with Gasteiger partial charge in [-0.1, -0.05) is 6.07 Å². The lowest BCUT2D eigenvalue weighted by atomic mass is 10.1. The first-order chi connectivity index (χ1) is 7.38. The Kier molecular flexibility index (Phi) is 3.30. The Hall–Kier alpha value is -1.87. The van der Waals surface area contributed by atoms with Crippen molar-refractivity contribution in [2.24, 2.45) is 0 Å². The summed E-state index contributed by atoms with van der Waals surface area (Å²) in [4.78, 5) is 10.6.